The molecule has 0 saturated carbocycles. The number of halogens is 2. The molecule has 0 amide bonds. The predicted octanol–water partition coefficient (Wildman–Crippen LogP) is 6.28. The third-order valence-corrected chi connectivity index (χ3v) is 5.44. The molecule has 134 valence electrons. The van der Waals surface area contributed by atoms with Crippen LogP contribution >= 0.6 is 23.2 Å². The van der Waals surface area contributed by atoms with E-state index in [0.717, 1.165) is 18.7 Å². The lowest BCUT2D eigenvalue weighted by molar-refractivity contribution is 0.254. The highest BCUT2D eigenvalue weighted by Crippen LogP contribution is 2.29. The molecular weight excluding hydrogens is 361 g/mol. The lowest BCUT2D eigenvalue weighted by Crippen LogP contribution is -2.31. The minimum atomic E-state index is -0.216. The molecule has 0 radical (unpaired) electrons. The Kier molecular flexibility index (Phi) is 7.13. The molecule has 26 heavy (non-hydrogen) atoms. The van der Waals surface area contributed by atoms with E-state index in [1.165, 1.54) is 11.1 Å². The maximum absolute atomic E-state index is 6.72. The first-order chi connectivity index (χ1) is 12.7. The molecule has 0 unspecified atom stereocenters. The van der Waals surface area contributed by atoms with Crippen LogP contribution in [-0.4, -0.2) is 16.8 Å². The first-order valence-electron chi connectivity index (χ1n) is 8.85. The average Bonchev–Trinajstić information content (AvgIpc) is 2.69. The molecule has 3 heteroatoms. The van der Waals surface area contributed by atoms with Gasteiger partial charge in [0, 0.05) is 19.6 Å². The Labute approximate surface area is 166 Å². The van der Waals surface area contributed by atoms with Gasteiger partial charge in [-0.25, -0.2) is 0 Å². The molecule has 0 aliphatic carbocycles. The van der Waals surface area contributed by atoms with E-state index in [1.807, 2.05) is 42.5 Å². The van der Waals surface area contributed by atoms with Crippen molar-refractivity contribution < 1.29 is 0 Å². The van der Waals surface area contributed by atoms with Crippen molar-refractivity contribution in [2.75, 3.05) is 6.54 Å². The van der Waals surface area contributed by atoms with Gasteiger partial charge in [0.1, 0.15) is 0 Å². The fourth-order valence-electron chi connectivity index (χ4n) is 3.05. The molecule has 3 aromatic rings. The highest BCUT2D eigenvalue weighted by Gasteiger charge is 2.22. The summed E-state index contributed by atoms with van der Waals surface area (Å²) < 4.78 is 0. The summed E-state index contributed by atoms with van der Waals surface area (Å²) in [4.78, 5) is 2.36. The van der Waals surface area contributed by atoms with Crippen LogP contribution in [0.2, 0.25) is 0 Å². The third kappa shape index (κ3) is 5.60. The molecule has 0 N–H and O–H groups in total. The molecule has 3 aromatic carbocycles. The van der Waals surface area contributed by atoms with Crippen LogP contribution in [0.4, 0.5) is 0 Å². The van der Waals surface area contributed by atoms with E-state index in [2.05, 4.69) is 53.4 Å². The van der Waals surface area contributed by atoms with Gasteiger partial charge >= 0.3 is 0 Å². The van der Waals surface area contributed by atoms with Crippen molar-refractivity contribution in [3.63, 3.8) is 0 Å². The first-order valence-corrected chi connectivity index (χ1v) is 9.73. The van der Waals surface area contributed by atoms with Crippen LogP contribution in [0.3, 0.4) is 0 Å². The van der Waals surface area contributed by atoms with Crippen LogP contribution in [0.1, 0.15) is 22.1 Å². The van der Waals surface area contributed by atoms with Crippen molar-refractivity contribution in [1.82, 2.24) is 4.90 Å². The van der Waals surface area contributed by atoms with Crippen molar-refractivity contribution in [2.24, 2.45) is 0 Å². The second-order valence-corrected chi connectivity index (χ2v) is 7.50. The molecule has 0 spiro atoms. The lowest BCUT2D eigenvalue weighted by Gasteiger charge is -2.27. The van der Waals surface area contributed by atoms with E-state index in [0.29, 0.717) is 6.54 Å². The van der Waals surface area contributed by atoms with Crippen molar-refractivity contribution in [2.45, 2.75) is 23.8 Å². The minimum Gasteiger partial charge on any atom is -0.293 e. The van der Waals surface area contributed by atoms with Gasteiger partial charge in [-0.3, -0.25) is 4.90 Å². The molecule has 0 aromatic heterocycles. The van der Waals surface area contributed by atoms with Crippen LogP contribution in [0.25, 0.3) is 0 Å². The molecule has 2 atom stereocenters. The first kappa shape index (κ1) is 19.0. The molecule has 0 heterocycles. The van der Waals surface area contributed by atoms with Crippen molar-refractivity contribution in [3.8, 4) is 0 Å². The summed E-state index contributed by atoms with van der Waals surface area (Å²) in [5, 5.41) is -0.390. The molecule has 0 aliphatic heterocycles. The average molecular weight is 384 g/mol. The van der Waals surface area contributed by atoms with E-state index < -0.39 is 0 Å². The fourth-order valence-corrected chi connectivity index (χ4v) is 3.62. The molecule has 0 bridgehead atoms. The van der Waals surface area contributed by atoms with Gasteiger partial charge in [0.25, 0.3) is 0 Å². The number of hydrogen-bond donors (Lipinski definition) is 0. The van der Waals surface area contributed by atoms with Gasteiger partial charge in [-0.05, 0) is 16.7 Å². The number of benzene rings is 3. The Morgan fingerprint density at radius 2 is 1.04 bits per heavy atom. The van der Waals surface area contributed by atoms with Crippen molar-refractivity contribution >= 4 is 23.2 Å². The van der Waals surface area contributed by atoms with E-state index in [-0.39, 0.29) is 10.8 Å². The Morgan fingerprint density at radius 3 is 1.50 bits per heavy atom. The Bertz CT molecular complexity index is 720. The summed E-state index contributed by atoms with van der Waals surface area (Å²) in [5.41, 5.74) is 3.62. The van der Waals surface area contributed by atoms with Crippen LogP contribution in [-0.2, 0) is 13.1 Å². The standard InChI is InChI=1S/C23H23Cl2N/c24-22(23(25)21-14-8-3-9-15-21)18-26(16-19-10-4-1-5-11-19)17-20-12-6-2-7-13-20/h1-15,22-23H,16-18H2/t22-,23+/m0/s1. The zero-order valence-electron chi connectivity index (χ0n) is 14.6. The zero-order chi connectivity index (χ0) is 18.2. The Morgan fingerprint density at radius 1 is 0.615 bits per heavy atom. The van der Waals surface area contributed by atoms with E-state index in [4.69, 9.17) is 23.2 Å². The number of rotatable bonds is 8. The van der Waals surface area contributed by atoms with Crippen molar-refractivity contribution in [1.29, 1.82) is 0 Å². The molecule has 1 nitrogen and oxygen atoms in total. The summed E-state index contributed by atoms with van der Waals surface area (Å²) in [5.74, 6) is 0. The molecule has 0 aliphatic rings. The predicted molar refractivity (Wildman–Crippen MR) is 112 cm³/mol. The fraction of sp³-hybridized carbons (Fsp3) is 0.217. The van der Waals surface area contributed by atoms with Gasteiger partial charge in [-0.15, -0.1) is 23.2 Å². The maximum atomic E-state index is 6.72. The highest BCUT2D eigenvalue weighted by atomic mass is 35.5. The summed E-state index contributed by atoms with van der Waals surface area (Å²) in [6, 6.07) is 31.0. The Balaban J connectivity index is 1.72. The summed E-state index contributed by atoms with van der Waals surface area (Å²) in [6.45, 7) is 2.41. The molecule has 0 saturated heterocycles. The van der Waals surface area contributed by atoms with Gasteiger partial charge < -0.3 is 0 Å². The third-order valence-electron chi connectivity index (χ3n) is 4.37. The summed E-state index contributed by atoms with van der Waals surface area (Å²) in [7, 11) is 0. The van der Waals surface area contributed by atoms with E-state index in [1.54, 1.807) is 0 Å². The summed E-state index contributed by atoms with van der Waals surface area (Å²) in [6.07, 6.45) is 0. The van der Waals surface area contributed by atoms with Crippen LogP contribution in [0.5, 0.6) is 0 Å². The minimum absolute atomic E-state index is 0.175. The molecular formula is C23H23Cl2N. The number of alkyl halides is 2. The van der Waals surface area contributed by atoms with Crippen molar-refractivity contribution in [3.05, 3.63) is 108 Å². The van der Waals surface area contributed by atoms with E-state index >= 15 is 0 Å². The maximum Gasteiger partial charge on any atom is 0.0761 e. The highest BCUT2D eigenvalue weighted by molar-refractivity contribution is 6.30. The van der Waals surface area contributed by atoms with Gasteiger partial charge in [0.2, 0.25) is 0 Å². The second-order valence-electron chi connectivity index (χ2n) is 6.47. The smallest absolute Gasteiger partial charge is 0.0761 e. The van der Waals surface area contributed by atoms with Crippen LogP contribution < -0.4 is 0 Å². The number of hydrogen-bond acceptors (Lipinski definition) is 1. The SMILES string of the molecule is Cl[C@H](c1ccccc1)[C@@H](Cl)CN(Cc1ccccc1)Cc1ccccc1. The number of nitrogens with zero attached hydrogens (tertiary/aromatic N) is 1. The van der Waals surface area contributed by atoms with Gasteiger partial charge in [-0.1, -0.05) is 91.0 Å². The van der Waals surface area contributed by atoms with Crippen LogP contribution in [0, 0.1) is 0 Å². The Hall–Kier alpha value is -1.80. The quantitative estimate of drug-likeness (QED) is 0.414. The van der Waals surface area contributed by atoms with Gasteiger partial charge in [0.05, 0.1) is 10.8 Å². The van der Waals surface area contributed by atoms with E-state index in [9.17, 15) is 0 Å². The topological polar surface area (TPSA) is 3.24 Å². The van der Waals surface area contributed by atoms with Crippen LogP contribution in [0.15, 0.2) is 91.0 Å². The lowest BCUT2D eigenvalue weighted by atomic mass is 10.1. The van der Waals surface area contributed by atoms with Gasteiger partial charge in [0.15, 0.2) is 0 Å². The van der Waals surface area contributed by atoms with Gasteiger partial charge in [-0.2, -0.15) is 0 Å². The summed E-state index contributed by atoms with van der Waals surface area (Å²) >= 11 is 13.4. The largest absolute Gasteiger partial charge is 0.293 e. The molecule has 3 rings (SSSR count). The molecule has 0 fully saturated rings. The zero-order valence-corrected chi connectivity index (χ0v) is 16.2. The normalized spacial score (nSPS) is 13.5. The monoisotopic (exact) mass is 383 g/mol. The second kappa shape index (κ2) is 9.78.